The van der Waals surface area contributed by atoms with Crippen LogP contribution in [0.25, 0.3) is 10.1 Å². The highest BCUT2D eigenvalue weighted by atomic mass is 32.1. The molecule has 18 heavy (non-hydrogen) atoms. The van der Waals surface area contributed by atoms with Crippen molar-refractivity contribution in [3.8, 4) is 0 Å². The van der Waals surface area contributed by atoms with Crippen LogP contribution < -0.4 is 5.32 Å². The van der Waals surface area contributed by atoms with Gasteiger partial charge in [-0.15, -0.1) is 11.3 Å². The Bertz CT molecular complexity index is 461. The van der Waals surface area contributed by atoms with E-state index in [-0.39, 0.29) is 0 Å². The summed E-state index contributed by atoms with van der Waals surface area (Å²) in [6, 6.07) is 11.6. The molecule has 0 saturated carbocycles. The molecule has 0 fully saturated rings. The van der Waals surface area contributed by atoms with Crippen LogP contribution in [-0.2, 0) is 4.74 Å². The molecule has 0 aliphatic heterocycles. The number of nitrogens with one attached hydrogen (secondary N) is 1. The summed E-state index contributed by atoms with van der Waals surface area (Å²) in [5.74, 6) is 0. The van der Waals surface area contributed by atoms with E-state index in [1.165, 1.54) is 15.0 Å². The lowest BCUT2D eigenvalue weighted by molar-refractivity contribution is 0.124. The van der Waals surface area contributed by atoms with Crippen LogP contribution in [0.4, 0.5) is 0 Å². The second-order valence-corrected chi connectivity index (χ2v) is 5.75. The molecule has 2 aromatic rings. The van der Waals surface area contributed by atoms with E-state index in [0.717, 1.165) is 13.2 Å². The first-order valence-electron chi connectivity index (χ1n) is 6.53. The maximum atomic E-state index is 5.43. The van der Waals surface area contributed by atoms with Gasteiger partial charge in [0.15, 0.2) is 0 Å². The molecule has 1 aromatic heterocycles. The van der Waals surface area contributed by atoms with Crippen LogP contribution in [0.5, 0.6) is 0 Å². The molecule has 1 aromatic carbocycles. The third kappa shape index (κ3) is 3.31. The Morgan fingerprint density at radius 3 is 2.78 bits per heavy atom. The number of benzene rings is 1. The van der Waals surface area contributed by atoms with Gasteiger partial charge in [0.2, 0.25) is 0 Å². The highest BCUT2D eigenvalue weighted by molar-refractivity contribution is 7.19. The predicted molar refractivity (Wildman–Crippen MR) is 79.3 cm³/mol. The van der Waals surface area contributed by atoms with Crippen molar-refractivity contribution in [2.45, 2.75) is 32.9 Å². The Kier molecular flexibility index (Phi) is 4.75. The molecule has 0 saturated heterocycles. The molecule has 0 amide bonds. The Morgan fingerprint density at radius 1 is 1.28 bits per heavy atom. The number of thiophene rings is 1. The van der Waals surface area contributed by atoms with Gasteiger partial charge < -0.3 is 10.1 Å². The van der Waals surface area contributed by atoms with Crippen LogP contribution in [0, 0.1) is 0 Å². The zero-order valence-corrected chi connectivity index (χ0v) is 12.1. The van der Waals surface area contributed by atoms with Gasteiger partial charge in [-0.3, -0.25) is 0 Å². The molecule has 1 heterocycles. The van der Waals surface area contributed by atoms with Gasteiger partial charge in [-0.05, 0) is 38.3 Å². The van der Waals surface area contributed by atoms with E-state index in [2.05, 4.69) is 49.5 Å². The lowest BCUT2D eigenvalue weighted by Crippen LogP contribution is -2.32. The molecule has 2 unspecified atom stereocenters. The monoisotopic (exact) mass is 263 g/mol. The average molecular weight is 263 g/mol. The Morgan fingerprint density at radius 2 is 2.06 bits per heavy atom. The second kappa shape index (κ2) is 6.32. The fraction of sp³-hybridized carbons (Fsp3) is 0.467. The first-order valence-corrected chi connectivity index (χ1v) is 7.34. The molecule has 3 heteroatoms. The summed E-state index contributed by atoms with van der Waals surface area (Å²) in [4.78, 5) is 1.39. The molecule has 0 aliphatic rings. The molecule has 0 radical (unpaired) electrons. The maximum Gasteiger partial charge on any atom is 0.0616 e. The summed E-state index contributed by atoms with van der Waals surface area (Å²) >= 11 is 1.87. The van der Waals surface area contributed by atoms with E-state index in [1.807, 2.05) is 18.3 Å². The fourth-order valence-corrected chi connectivity index (χ4v) is 3.14. The fourth-order valence-electron chi connectivity index (χ4n) is 2.07. The van der Waals surface area contributed by atoms with E-state index < -0.39 is 0 Å². The number of fused-ring (bicyclic) bond motifs is 1. The molecular weight excluding hydrogens is 242 g/mol. The van der Waals surface area contributed by atoms with Crippen molar-refractivity contribution in [1.29, 1.82) is 0 Å². The van der Waals surface area contributed by atoms with Crippen molar-refractivity contribution in [2.24, 2.45) is 0 Å². The van der Waals surface area contributed by atoms with Gasteiger partial charge in [0.1, 0.15) is 0 Å². The van der Waals surface area contributed by atoms with E-state index >= 15 is 0 Å². The SMILES string of the molecule is CCOCC(C)NC(C)c1cc2ccccc2s1. The van der Waals surface area contributed by atoms with Crippen LogP contribution in [0.2, 0.25) is 0 Å². The molecular formula is C15H21NOS. The van der Waals surface area contributed by atoms with Gasteiger partial charge in [0.05, 0.1) is 6.61 Å². The summed E-state index contributed by atoms with van der Waals surface area (Å²) in [6.45, 7) is 7.96. The molecule has 0 spiro atoms. The first kappa shape index (κ1) is 13.5. The van der Waals surface area contributed by atoms with Crippen molar-refractivity contribution in [3.05, 3.63) is 35.2 Å². The number of rotatable bonds is 6. The number of ether oxygens (including phenoxy) is 1. The quantitative estimate of drug-likeness (QED) is 0.851. The van der Waals surface area contributed by atoms with Crippen LogP contribution in [0.15, 0.2) is 30.3 Å². The summed E-state index contributed by atoms with van der Waals surface area (Å²) in [7, 11) is 0. The van der Waals surface area contributed by atoms with Crippen molar-refractivity contribution >= 4 is 21.4 Å². The van der Waals surface area contributed by atoms with Crippen LogP contribution in [-0.4, -0.2) is 19.3 Å². The summed E-state index contributed by atoms with van der Waals surface area (Å²) < 4.78 is 6.79. The minimum Gasteiger partial charge on any atom is -0.380 e. The summed E-state index contributed by atoms with van der Waals surface area (Å²) in [5, 5.41) is 4.91. The molecule has 2 nitrogen and oxygen atoms in total. The van der Waals surface area contributed by atoms with Crippen LogP contribution in [0.1, 0.15) is 31.7 Å². The smallest absolute Gasteiger partial charge is 0.0616 e. The molecule has 98 valence electrons. The van der Waals surface area contributed by atoms with E-state index in [9.17, 15) is 0 Å². The van der Waals surface area contributed by atoms with Gasteiger partial charge in [0.25, 0.3) is 0 Å². The van der Waals surface area contributed by atoms with E-state index in [4.69, 9.17) is 4.74 Å². The van der Waals surface area contributed by atoms with Crippen molar-refractivity contribution in [2.75, 3.05) is 13.2 Å². The Hall–Kier alpha value is -0.900. The second-order valence-electron chi connectivity index (χ2n) is 4.64. The lowest BCUT2D eigenvalue weighted by atomic mass is 10.2. The van der Waals surface area contributed by atoms with E-state index in [1.54, 1.807) is 0 Å². The van der Waals surface area contributed by atoms with Crippen LogP contribution in [0.3, 0.4) is 0 Å². The zero-order valence-electron chi connectivity index (χ0n) is 11.3. The predicted octanol–water partition coefficient (Wildman–Crippen LogP) is 3.98. The zero-order chi connectivity index (χ0) is 13.0. The van der Waals surface area contributed by atoms with Crippen molar-refractivity contribution in [3.63, 3.8) is 0 Å². The van der Waals surface area contributed by atoms with E-state index in [0.29, 0.717) is 12.1 Å². The molecule has 2 rings (SSSR count). The summed E-state index contributed by atoms with van der Waals surface area (Å²) in [5.41, 5.74) is 0. The van der Waals surface area contributed by atoms with Gasteiger partial charge in [-0.1, -0.05) is 18.2 Å². The van der Waals surface area contributed by atoms with Gasteiger partial charge >= 0.3 is 0 Å². The topological polar surface area (TPSA) is 21.3 Å². The van der Waals surface area contributed by atoms with Crippen LogP contribution >= 0.6 is 11.3 Å². The average Bonchev–Trinajstić information content (AvgIpc) is 2.80. The normalized spacial score (nSPS) is 14.8. The minimum absolute atomic E-state index is 0.373. The highest BCUT2D eigenvalue weighted by Crippen LogP contribution is 2.29. The highest BCUT2D eigenvalue weighted by Gasteiger charge is 2.12. The molecule has 1 N–H and O–H groups in total. The number of hydrogen-bond acceptors (Lipinski definition) is 3. The number of hydrogen-bond donors (Lipinski definition) is 1. The Balaban J connectivity index is 2.01. The molecule has 2 atom stereocenters. The largest absolute Gasteiger partial charge is 0.380 e. The third-order valence-corrected chi connectivity index (χ3v) is 4.28. The van der Waals surface area contributed by atoms with Crippen molar-refractivity contribution < 1.29 is 4.74 Å². The van der Waals surface area contributed by atoms with Gasteiger partial charge in [0, 0.05) is 28.3 Å². The van der Waals surface area contributed by atoms with Gasteiger partial charge in [-0.2, -0.15) is 0 Å². The maximum absolute atomic E-state index is 5.43. The third-order valence-electron chi connectivity index (χ3n) is 2.98. The lowest BCUT2D eigenvalue weighted by Gasteiger charge is -2.18. The standard InChI is InChI=1S/C15H21NOS/c1-4-17-10-11(2)16-12(3)15-9-13-7-5-6-8-14(13)18-15/h5-9,11-12,16H,4,10H2,1-3H3. The molecule has 0 bridgehead atoms. The van der Waals surface area contributed by atoms with Crippen molar-refractivity contribution in [1.82, 2.24) is 5.32 Å². The molecule has 0 aliphatic carbocycles. The summed E-state index contributed by atoms with van der Waals surface area (Å²) in [6.07, 6.45) is 0. The minimum atomic E-state index is 0.373. The first-order chi connectivity index (χ1) is 8.70. The Labute approximate surface area is 113 Å². The van der Waals surface area contributed by atoms with Gasteiger partial charge in [-0.25, -0.2) is 0 Å².